The second-order valence-corrected chi connectivity index (χ2v) is 8.29. The van der Waals surface area contributed by atoms with E-state index in [0.29, 0.717) is 25.7 Å². The number of hydrogen-bond donors (Lipinski definition) is 0. The summed E-state index contributed by atoms with van der Waals surface area (Å²) in [7, 11) is 0. The zero-order valence-electron chi connectivity index (χ0n) is 19.9. The minimum absolute atomic E-state index is 0.136. The highest BCUT2D eigenvalue weighted by atomic mass is 14.4. The molecule has 32 heavy (non-hydrogen) atoms. The largest absolute Gasteiger partial charge is 0.198 e. The van der Waals surface area contributed by atoms with Gasteiger partial charge in [-0.3, -0.25) is 0 Å². The van der Waals surface area contributed by atoms with Gasteiger partial charge in [0.25, 0.3) is 0 Å². The van der Waals surface area contributed by atoms with E-state index in [1.165, 1.54) is 0 Å². The highest BCUT2D eigenvalue weighted by Gasteiger charge is 2.38. The van der Waals surface area contributed by atoms with Crippen molar-refractivity contribution in [2.75, 3.05) is 0 Å². The molecular weight excluding hydrogens is 392 g/mol. The topological polar surface area (TPSA) is 95.2 Å². The average Bonchev–Trinajstić information content (AvgIpc) is 2.81. The van der Waals surface area contributed by atoms with Crippen LogP contribution in [0.25, 0.3) is 0 Å². The molecule has 0 aliphatic rings. The van der Waals surface area contributed by atoms with Crippen molar-refractivity contribution >= 4 is 0 Å². The SMILES string of the molecule is C#CCC(C#CC(CC)CC#CC(C)(CC)C(C#N)C(C#N)CC(C#N)CCC#N)CC. The van der Waals surface area contributed by atoms with E-state index in [4.69, 9.17) is 11.7 Å². The molecule has 4 nitrogen and oxygen atoms in total. The van der Waals surface area contributed by atoms with Crippen LogP contribution in [0.1, 0.15) is 79.1 Å². The van der Waals surface area contributed by atoms with Crippen molar-refractivity contribution in [1.29, 1.82) is 21.0 Å². The third kappa shape index (κ3) is 9.63. The molecule has 0 bridgehead atoms. The number of terminal acetylenes is 1. The van der Waals surface area contributed by atoms with Crippen LogP contribution in [-0.4, -0.2) is 0 Å². The molecule has 0 aromatic heterocycles. The summed E-state index contributed by atoms with van der Waals surface area (Å²) in [6.07, 6.45) is 10.0. The number of rotatable bonds is 11. The van der Waals surface area contributed by atoms with Crippen LogP contribution >= 0.6 is 0 Å². The number of nitriles is 4. The van der Waals surface area contributed by atoms with E-state index >= 15 is 0 Å². The van der Waals surface area contributed by atoms with Gasteiger partial charge in [-0.2, -0.15) is 21.0 Å². The van der Waals surface area contributed by atoms with E-state index in [-0.39, 0.29) is 24.7 Å². The summed E-state index contributed by atoms with van der Waals surface area (Å²) in [6.45, 7) is 8.04. The predicted molar refractivity (Wildman–Crippen MR) is 126 cm³/mol. The molecule has 4 heteroatoms. The summed E-state index contributed by atoms with van der Waals surface area (Å²) in [5, 5.41) is 37.8. The number of nitrogens with zero attached hydrogens (tertiary/aromatic N) is 4. The van der Waals surface area contributed by atoms with Crippen molar-refractivity contribution in [2.45, 2.75) is 79.1 Å². The van der Waals surface area contributed by atoms with Gasteiger partial charge in [-0.25, -0.2) is 0 Å². The molecule has 0 fully saturated rings. The maximum Gasteiger partial charge on any atom is 0.0784 e. The summed E-state index contributed by atoms with van der Waals surface area (Å²) < 4.78 is 0. The Morgan fingerprint density at radius 2 is 1.47 bits per heavy atom. The van der Waals surface area contributed by atoms with E-state index in [2.05, 4.69) is 61.7 Å². The fourth-order valence-electron chi connectivity index (χ4n) is 3.46. The molecule has 0 radical (unpaired) electrons. The Hall–Kier alpha value is -3.36. The third-order valence-corrected chi connectivity index (χ3v) is 6.02. The van der Waals surface area contributed by atoms with Crippen molar-refractivity contribution in [1.82, 2.24) is 0 Å². The first-order valence-corrected chi connectivity index (χ1v) is 11.4. The first-order valence-electron chi connectivity index (χ1n) is 11.4. The Bertz CT molecular complexity index is 906. The molecule has 0 aliphatic carbocycles. The fourth-order valence-corrected chi connectivity index (χ4v) is 3.46. The lowest BCUT2D eigenvalue weighted by molar-refractivity contribution is 0.243. The Morgan fingerprint density at radius 3 is 1.91 bits per heavy atom. The van der Waals surface area contributed by atoms with E-state index in [9.17, 15) is 15.8 Å². The van der Waals surface area contributed by atoms with Crippen LogP contribution in [0.3, 0.4) is 0 Å². The highest BCUT2D eigenvalue weighted by Crippen LogP contribution is 2.38. The molecule has 166 valence electrons. The van der Waals surface area contributed by atoms with Gasteiger partial charge in [-0.1, -0.05) is 38.5 Å². The third-order valence-electron chi connectivity index (χ3n) is 6.02. The molecule has 0 heterocycles. The van der Waals surface area contributed by atoms with Crippen molar-refractivity contribution in [3.8, 4) is 60.3 Å². The van der Waals surface area contributed by atoms with Crippen molar-refractivity contribution in [3.05, 3.63) is 0 Å². The molecule has 0 N–H and O–H groups in total. The Balaban J connectivity index is 5.57. The lowest BCUT2D eigenvalue weighted by Gasteiger charge is -2.31. The normalized spacial score (nSPS) is 16.1. The van der Waals surface area contributed by atoms with E-state index in [1.54, 1.807) is 0 Å². The molecular formula is C28H34N4. The summed E-state index contributed by atoms with van der Waals surface area (Å²) in [4.78, 5) is 0. The van der Waals surface area contributed by atoms with E-state index in [0.717, 1.165) is 12.8 Å². The lowest BCUT2D eigenvalue weighted by Crippen LogP contribution is -2.31. The number of hydrogen-bond acceptors (Lipinski definition) is 4. The summed E-state index contributed by atoms with van der Waals surface area (Å²) in [5.41, 5.74) is -0.661. The van der Waals surface area contributed by atoms with Gasteiger partial charge in [0.1, 0.15) is 0 Å². The van der Waals surface area contributed by atoms with Gasteiger partial charge in [0.15, 0.2) is 0 Å². The molecule has 0 spiro atoms. The van der Waals surface area contributed by atoms with Gasteiger partial charge >= 0.3 is 0 Å². The van der Waals surface area contributed by atoms with Crippen molar-refractivity contribution in [2.24, 2.45) is 35.0 Å². The van der Waals surface area contributed by atoms with Gasteiger partial charge in [0.2, 0.25) is 0 Å². The second-order valence-electron chi connectivity index (χ2n) is 8.29. The maximum absolute atomic E-state index is 9.89. The quantitative estimate of drug-likeness (QED) is 0.379. The van der Waals surface area contributed by atoms with Gasteiger partial charge in [-0.15, -0.1) is 18.3 Å². The van der Waals surface area contributed by atoms with Gasteiger partial charge in [-0.05, 0) is 39.0 Å². The van der Waals surface area contributed by atoms with Gasteiger partial charge in [0, 0.05) is 42.4 Å². The van der Waals surface area contributed by atoms with E-state index < -0.39 is 23.2 Å². The molecule has 0 aromatic rings. The van der Waals surface area contributed by atoms with Crippen LogP contribution in [0.15, 0.2) is 0 Å². The van der Waals surface area contributed by atoms with Crippen LogP contribution in [0.4, 0.5) is 0 Å². The predicted octanol–water partition coefficient (Wildman–Crippen LogP) is 5.99. The first-order chi connectivity index (χ1) is 15.4. The standard InChI is InChI=1S/C28H34N4/c1-6-12-23(7-2)15-16-24(8-3)13-10-17-28(5,9-4)27(22-32)26(21-31)19-25(20-30)14-11-18-29/h1,23-27H,7-9,11-14,19H2,2-5H3. The molecule has 0 saturated carbocycles. The minimum Gasteiger partial charge on any atom is -0.198 e. The molecule has 0 rings (SSSR count). The van der Waals surface area contributed by atoms with Crippen molar-refractivity contribution in [3.63, 3.8) is 0 Å². The van der Waals surface area contributed by atoms with Crippen LogP contribution < -0.4 is 0 Å². The van der Waals surface area contributed by atoms with Gasteiger partial charge in [0.05, 0.1) is 36.1 Å². The first kappa shape index (κ1) is 28.6. The molecule has 0 aliphatic heterocycles. The Kier molecular flexibility index (Phi) is 14.6. The highest BCUT2D eigenvalue weighted by molar-refractivity contribution is 5.21. The lowest BCUT2D eigenvalue weighted by atomic mass is 9.68. The van der Waals surface area contributed by atoms with Crippen LogP contribution in [-0.2, 0) is 0 Å². The fraction of sp³-hybridized carbons (Fsp3) is 0.643. The minimum atomic E-state index is -0.661. The molecule has 0 amide bonds. The average molecular weight is 427 g/mol. The molecule has 0 saturated heterocycles. The zero-order chi connectivity index (χ0) is 24.4. The van der Waals surface area contributed by atoms with E-state index in [1.807, 2.05) is 19.9 Å². The zero-order valence-corrected chi connectivity index (χ0v) is 19.9. The molecule has 6 unspecified atom stereocenters. The van der Waals surface area contributed by atoms with Crippen molar-refractivity contribution < 1.29 is 0 Å². The summed E-state index contributed by atoms with van der Waals surface area (Å²) in [5.74, 6) is 14.5. The van der Waals surface area contributed by atoms with Crippen LogP contribution in [0.5, 0.6) is 0 Å². The summed E-state index contributed by atoms with van der Waals surface area (Å²) >= 11 is 0. The van der Waals surface area contributed by atoms with Gasteiger partial charge < -0.3 is 0 Å². The second kappa shape index (κ2) is 16.3. The monoisotopic (exact) mass is 426 g/mol. The van der Waals surface area contributed by atoms with Crippen LogP contribution in [0.2, 0.25) is 0 Å². The molecule has 6 atom stereocenters. The Labute approximate surface area is 195 Å². The van der Waals surface area contributed by atoms with Crippen LogP contribution in [0, 0.1) is 116 Å². The Morgan fingerprint density at radius 1 is 0.844 bits per heavy atom. The smallest absolute Gasteiger partial charge is 0.0784 e. The maximum atomic E-state index is 9.89. The summed E-state index contributed by atoms with van der Waals surface area (Å²) in [6, 6.07) is 8.75. The molecule has 0 aromatic carbocycles.